The van der Waals surface area contributed by atoms with Gasteiger partial charge in [0.1, 0.15) is 0 Å². The molecule has 0 bridgehead atoms. The summed E-state index contributed by atoms with van der Waals surface area (Å²) in [5.74, 6) is -0.355. The SMILES string of the molecule is C=C(C)C(=O)OCCC[Si](C)(C)O[Si](OCC)(OCC)OCC. The fraction of sp³-hybridized carbons (Fsp3) is 0.800. The molecule has 0 fully saturated rings. The largest absolute Gasteiger partial charge is 0.669 e. The first-order chi connectivity index (χ1) is 10.7. The Hall–Kier alpha value is -0.516. The first-order valence-electron chi connectivity index (χ1n) is 8.16. The van der Waals surface area contributed by atoms with E-state index < -0.39 is 17.4 Å². The van der Waals surface area contributed by atoms with E-state index in [1.54, 1.807) is 6.92 Å². The van der Waals surface area contributed by atoms with Gasteiger partial charge in [0.05, 0.1) is 6.61 Å². The molecule has 0 unspecified atom stereocenters. The topological polar surface area (TPSA) is 63.2 Å². The molecule has 8 heteroatoms. The van der Waals surface area contributed by atoms with Crippen LogP contribution in [0.4, 0.5) is 0 Å². The Morgan fingerprint density at radius 2 is 1.48 bits per heavy atom. The van der Waals surface area contributed by atoms with E-state index >= 15 is 0 Å². The standard InChI is InChI=1S/C15H32O6Si2/c1-8-18-23(19-9-2,20-10-3)21-22(6,7)13-11-12-17-15(16)14(4)5/h4,8-13H2,1-3,5-7H3. The van der Waals surface area contributed by atoms with Crippen LogP contribution in [-0.4, -0.2) is 49.8 Å². The molecule has 0 heterocycles. The van der Waals surface area contributed by atoms with Crippen molar-refractivity contribution >= 4 is 23.3 Å². The summed E-state index contributed by atoms with van der Waals surface area (Å²) in [6.45, 7) is 16.9. The molecule has 23 heavy (non-hydrogen) atoms. The van der Waals surface area contributed by atoms with Crippen LogP contribution in [0.2, 0.25) is 19.1 Å². The van der Waals surface area contributed by atoms with Gasteiger partial charge < -0.3 is 22.1 Å². The van der Waals surface area contributed by atoms with Crippen molar-refractivity contribution < 1.29 is 26.9 Å². The molecule has 136 valence electrons. The fourth-order valence-electron chi connectivity index (χ4n) is 1.92. The molecule has 0 amide bonds. The van der Waals surface area contributed by atoms with Crippen LogP contribution >= 0.6 is 0 Å². The molecule has 0 aromatic rings. The molecule has 0 aromatic heterocycles. The normalized spacial score (nSPS) is 12.3. The predicted molar refractivity (Wildman–Crippen MR) is 94.4 cm³/mol. The van der Waals surface area contributed by atoms with Gasteiger partial charge in [-0.05, 0) is 53.3 Å². The van der Waals surface area contributed by atoms with Crippen molar-refractivity contribution in [3.05, 3.63) is 12.2 Å². The Balaban J connectivity index is 4.57. The van der Waals surface area contributed by atoms with E-state index in [9.17, 15) is 4.79 Å². The lowest BCUT2D eigenvalue weighted by atomic mass is 10.4. The first kappa shape index (κ1) is 22.5. The summed E-state index contributed by atoms with van der Waals surface area (Å²) in [7, 11) is -5.17. The Bertz CT molecular complexity index is 356. The van der Waals surface area contributed by atoms with Gasteiger partial charge in [-0.2, -0.15) is 0 Å². The predicted octanol–water partition coefficient (Wildman–Crippen LogP) is 3.26. The molecule has 0 radical (unpaired) electrons. The maximum Gasteiger partial charge on any atom is 0.669 e. The summed E-state index contributed by atoms with van der Waals surface area (Å²) in [5.41, 5.74) is 0.410. The average molecular weight is 365 g/mol. The molecule has 0 aliphatic carbocycles. The van der Waals surface area contributed by atoms with E-state index in [0.29, 0.717) is 32.0 Å². The average Bonchev–Trinajstić information content (AvgIpc) is 2.43. The van der Waals surface area contributed by atoms with E-state index in [2.05, 4.69) is 19.7 Å². The van der Waals surface area contributed by atoms with Crippen LogP contribution in [0.5, 0.6) is 0 Å². The first-order valence-corrected chi connectivity index (χ1v) is 12.9. The second kappa shape index (κ2) is 11.1. The van der Waals surface area contributed by atoms with E-state index in [-0.39, 0.29) is 5.97 Å². The zero-order chi connectivity index (χ0) is 17.9. The summed E-state index contributed by atoms with van der Waals surface area (Å²) in [5, 5.41) is 0. The summed E-state index contributed by atoms with van der Waals surface area (Å²) in [6, 6.07) is 0.818. The highest BCUT2D eigenvalue weighted by atomic mass is 28.5. The molecule has 0 saturated carbocycles. The molecule has 6 nitrogen and oxygen atoms in total. The maximum absolute atomic E-state index is 11.4. The Labute approximate surface area is 142 Å². The van der Waals surface area contributed by atoms with Crippen LogP contribution in [0, 0.1) is 0 Å². The number of hydrogen-bond acceptors (Lipinski definition) is 6. The lowest BCUT2D eigenvalue weighted by Gasteiger charge is -2.34. The van der Waals surface area contributed by atoms with Crippen molar-refractivity contribution in [1.82, 2.24) is 0 Å². The highest BCUT2D eigenvalue weighted by Crippen LogP contribution is 2.23. The van der Waals surface area contributed by atoms with Crippen LogP contribution in [0.25, 0.3) is 0 Å². The minimum Gasteiger partial charge on any atom is -0.462 e. The van der Waals surface area contributed by atoms with Crippen LogP contribution < -0.4 is 0 Å². The van der Waals surface area contributed by atoms with Crippen molar-refractivity contribution in [2.24, 2.45) is 0 Å². The van der Waals surface area contributed by atoms with Crippen LogP contribution in [0.15, 0.2) is 12.2 Å². The van der Waals surface area contributed by atoms with Gasteiger partial charge in [-0.3, -0.25) is 0 Å². The zero-order valence-electron chi connectivity index (χ0n) is 15.4. The third kappa shape index (κ3) is 9.38. The Morgan fingerprint density at radius 1 is 1.00 bits per heavy atom. The fourth-order valence-corrected chi connectivity index (χ4v) is 8.05. The molecule has 0 aliphatic rings. The van der Waals surface area contributed by atoms with Gasteiger partial charge in [0.15, 0.2) is 8.32 Å². The second-order valence-corrected chi connectivity index (χ2v) is 12.4. The van der Waals surface area contributed by atoms with Crippen LogP contribution in [0.3, 0.4) is 0 Å². The third-order valence-corrected chi connectivity index (χ3v) is 9.56. The molecular weight excluding hydrogens is 332 g/mol. The molecule has 0 atom stereocenters. The monoisotopic (exact) mass is 364 g/mol. The molecule has 0 aromatic carbocycles. The zero-order valence-corrected chi connectivity index (χ0v) is 17.4. The minimum atomic E-state index is -3.09. The lowest BCUT2D eigenvalue weighted by molar-refractivity contribution is -0.138. The van der Waals surface area contributed by atoms with E-state index in [1.165, 1.54) is 0 Å². The maximum atomic E-state index is 11.4. The molecule has 0 aliphatic heterocycles. The van der Waals surface area contributed by atoms with Crippen molar-refractivity contribution in [2.45, 2.75) is 53.3 Å². The van der Waals surface area contributed by atoms with Gasteiger partial charge in [0.2, 0.25) is 0 Å². The van der Waals surface area contributed by atoms with Crippen molar-refractivity contribution in [1.29, 1.82) is 0 Å². The number of carbonyl (C=O) groups is 1. The molecule has 0 N–H and O–H groups in total. The summed E-state index contributed by atoms with van der Waals surface area (Å²) in [6.07, 6.45) is 0.729. The number of rotatable bonds is 13. The van der Waals surface area contributed by atoms with Gasteiger partial charge in [0, 0.05) is 25.4 Å². The van der Waals surface area contributed by atoms with Crippen molar-refractivity contribution in [3.8, 4) is 0 Å². The van der Waals surface area contributed by atoms with E-state index in [0.717, 1.165) is 12.5 Å². The molecule has 0 saturated heterocycles. The lowest BCUT2D eigenvalue weighted by Crippen LogP contribution is -2.55. The smallest absolute Gasteiger partial charge is 0.462 e. The number of esters is 1. The second-order valence-electron chi connectivity index (χ2n) is 5.68. The minimum absolute atomic E-state index is 0.355. The van der Waals surface area contributed by atoms with Gasteiger partial charge in [-0.25, -0.2) is 4.79 Å². The summed E-state index contributed by atoms with van der Waals surface area (Å²) in [4.78, 5) is 11.4. The molecule has 0 rings (SSSR count). The van der Waals surface area contributed by atoms with Gasteiger partial charge >= 0.3 is 15.0 Å². The summed E-state index contributed by atoms with van der Waals surface area (Å²) < 4.78 is 28.6. The quantitative estimate of drug-likeness (QED) is 0.216. The Morgan fingerprint density at radius 3 is 1.87 bits per heavy atom. The van der Waals surface area contributed by atoms with Gasteiger partial charge in [-0.15, -0.1) is 0 Å². The molecular formula is C15H32O6Si2. The van der Waals surface area contributed by atoms with Crippen LogP contribution in [-0.2, 0) is 26.9 Å². The third-order valence-electron chi connectivity index (χ3n) is 2.87. The summed E-state index contributed by atoms with van der Waals surface area (Å²) >= 11 is 0. The highest BCUT2D eigenvalue weighted by molar-refractivity contribution is 6.79. The van der Waals surface area contributed by atoms with E-state index in [1.807, 2.05) is 20.8 Å². The van der Waals surface area contributed by atoms with E-state index in [4.69, 9.17) is 22.1 Å². The number of hydrogen-bond donors (Lipinski definition) is 0. The van der Waals surface area contributed by atoms with Crippen molar-refractivity contribution in [3.63, 3.8) is 0 Å². The van der Waals surface area contributed by atoms with Gasteiger partial charge in [0.25, 0.3) is 0 Å². The number of carbonyl (C=O) groups excluding carboxylic acids is 1. The Kier molecular flexibility index (Phi) is 10.9. The number of ether oxygens (including phenoxy) is 1. The highest BCUT2D eigenvalue weighted by Gasteiger charge is 2.49. The van der Waals surface area contributed by atoms with Gasteiger partial charge in [-0.1, -0.05) is 6.58 Å². The van der Waals surface area contributed by atoms with Crippen LogP contribution in [0.1, 0.15) is 34.1 Å². The molecule has 0 spiro atoms. The van der Waals surface area contributed by atoms with Crippen molar-refractivity contribution in [2.75, 3.05) is 26.4 Å².